The van der Waals surface area contributed by atoms with Gasteiger partial charge in [0, 0.05) is 10.9 Å². The summed E-state index contributed by atoms with van der Waals surface area (Å²) in [5, 5.41) is 24.3. The van der Waals surface area contributed by atoms with Gasteiger partial charge in [0.05, 0.1) is 35.0 Å². The van der Waals surface area contributed by atoms with Gasteiger partial charge in [-0.05, 0) is 62.9 Å². The van der Waals surface area contributed by atoms with Gasteiger partial charge in [0.2, 0.25) is 5.88 Å². The molecule has 0 radical (unpaired) electrons. The van der Waals surface area contributed by atoms with Crippen LogP contribution in [0.4, 0.5) is 14.6 Å². The van der Waals surface area contributed by atoms with Crippen LogP contribution in [0.2, 0.25) is 0 Å². The molecule has 0 aliphatic rings. The number of nitrogens with one attached hydrogen (secondary N) is 2. The minimum absolute atomic E-state index is 0.0288. The number of nitrogens with zero attached hydrogens (tertiary/aromatic N) is 1. The molecule has 0 unspecified atom stereocenters. The molecule has 0 atom stereocenters. The predicted octanol–water partition coefficient (Wildman–Crippen LogP) is 4.31. The van der Waals surface area contributed by atoms with Crippen LogP contribution in [0.5, 0.6) is 5.88 Å². The largest absolute Gasteiger partial charge is 0.481 e. The first-order valence-electron chi connectivity index (χ1n) is 9.95. The standard InChI is InChI=1S/C23H25F2N3O4S/c1-22(2,30)13-8-15(24)18(16(25)9-13)14-10-17(26-21(32-5)19(14)23(3,4)31)27-28-20(29)12-6-7-33-11-12/h6-11,30-31H,1-5H3,(H,26,27)(H,28,29). The molecule has 0 saturated heterocycles. The third-order valence-electron chi connectivity index (χ3n) is 4.90. The summed E-state index contributed by atoms with van der Waals surface area (Å²) in [6, 6.07) is 5.00. The summed E-state index contributed by atoms with van der Waals surface area (Å²) in [5.41, 5.74) is 2.09. The molecule has 2 aromatic heterocycles. The summed E-state index contributed by atoms with van der Waals surface area (Å²) in [7, 11) is 1.30. The number of carbonyl (C=O) groups excluding carboxylic acids is 1. The number of amides is 1. The number of thiophene rings is 1. The second-order valence-corrected chi connectivity index (χ2v) is 9.24. The zero-order valence-electron chi connectivity index (χ0n) is 18.8. The van der Waals surface area contributed by atoms with Crippen LogP contribution in [0.1, 0.15) is 49.2 Å². The summed E-state index contributed by atoms with van der Waals surface area (Å²) in [6.45, 7) is 5.69. The SMILES string of the molecule is COc1nc(NNC(=O)c2ccsc2)cc(-c2c(F)cc(C(C)(C)O)cc2F)c1C(C)(C)O. The fourth-order valence-electron chi connectivity index (χ4n) is 3.29. The van der Waals surface area contributed by atoms with Gasteiger partial charge in [-0.25, -0.2) is 8.78 Å². The number of halogens is 2. The Balaban J connectivity index is 2.15. The molecule has 2 heterocycles. The molecule has 0 spiro atoms. The van der Waals surface area contributed by atoms with E-state index in [0.717, 1.165) is 12.1 Å². The molecule has 33 heavy (non-hydrogen) atoms. The maximum atomic E-state index is 15.2. The molecule has 3 rings (SSSR count). The number of methoxy groups -OCH3 is 1. The Morgan fingerprint density at radius 3 is 2.21 bits per heavy atom. The Morgan fingerprint density at radius 2 is 1.73 bits per heavy atom. The minimum Gasteiger partial charge on any atom is -0.481 e. The lowest BCUT2D eigenvalue weighted by Crippen LogP contribution is -2.30. The van der Waals surface area contributed by atoms with E-state index < -0.39 is 34.3 Å². The number of aliphatic hydroxyl groups is 2. The first kappa shape index (κ1) is 24.6. The number of rotatable bonds is 7. The lowest BCUT2D eigenvalue weighted by Gasteiger charge is -2.26. The molecule has 10 heteroatoms. The second kappa shape index (κ2) is 9.05. The molecule has 3 aromatic rings. The van der Waals surface area contributed by atoms with E-state index >= 15 is 8.78 Å². The van der Waals surface area contributed by atoms with E-state index in [1.807, 2.05) is 0 Å². The molecule has 0 aliphatic carbocycles. The van der Waals surface area contributed by atoms with Gasteiger partial charge in [-0.3, -0.25) is 15.6 Å². The van der Waals surface area contributed by atoms with Crippen molar-refractivity contribution in [1.82, 2.24) is 10.4 Å². The topological polar surface area (TPSA) is 104 Å². The van der Waals surface area contributed by atoms with Gasteiger partial charge >= 0.3 is 0 Å². The zero-order chi connectivity index (χ0) is 24.6. The maximum Gasteiger partial charge on any atom is 0.270 e. The van der Waals surface area contributed by atoms with Gasteiger partial charge in [0.1, 0.15) is 17.5 Å². The van der Waals surface area contributed by atoms with Gasteiger partial charge in [0.25, 0.3) is 5.91 Å². The summed E-state index contributed by atoms with van der Waals surface area (Å²) in [5.74, 6) is -2.38. The molecule has 1 amide bonds. The van der Waals surface area contributed by atoms with Crippen LogP contribution in [0.3, 0.4) is 0 Å². The molecule has 0 fully saturated rings. The maximum absolute atomic E-state index is 15.2. The molecule has 0 aliphatic heterocycles. The van der Waals surface area contributed by atoms with E-state index in [-0.39, 0.29) is 28.4 Å². The third-order valence-corrected chi connectivity index (χ3v) is 5.58. The van der Waals surface area contributed by atoms with Crippen LogP contribution in [0, 0.1) is 11.6 Å². The molecule has 1 aromatic carbocycles. The highest BCUT2D eigenvalue weighted by Gasteiger charge is 2.31. The number of anilines is 1. The van der Waals surface area contributed by atoms with Gasteiger partial charge in [-0.2, -0.15) is 16.3 Å². The Morgan fingerprint density at radius 1 is 1.09 bits per heavy atom. The van der Waals surface area contributed by atoms with Gasteiger partial charge in [-0.15, -0.1) is 0 Å². The van der Waals surface area contributed by atoms with Crippen molar-refractivity contribution in [2.24, 2.45) is 0 Å². The van der Waals surface area contributed by atoms with E-state index in [1.54, 1.807) is 16.8 Å². The average molecular weight is 478 g/mol. The van der Waals surface area contributed by atoms with Gasteiger partial charge < -0.3 is 14.9 Å². The average Bonchev–Trinajstić information content (AvgIpc) is 3.24. The monoisotopic (exact) mass is 477 g/mol. The van der Waals surface area contributed by atoms with E-state index in [1.165, 1.54) is 52.2 Å². The summed E-state index contributed by atoms with van der Waals surface area (Å²) >= 11 is 1.35. The van der Waals surface area contributed by atoms with Crippen molar-refractivity contribution in [1.29, 1.82) is 0 Å². The van der Waals surface area contributed by atoms with E-state index in [4.69, 9.17) is 4.74 Å². The third kappa shape index (κ3) is 5.29. The van der Waals surface area contributed by atoms with Crippen molar-refractivity contribution in [2.45, 2.75) is 38.9 Å². The zero-order valence-corrected chi connectivity index (χ0v) is 19.6. The van der Waals surface area contributed by atoms with Crippen LogP contribution in [-0.2, 0) is 11.2 Å². The lowest BCUT2D eigenvalue weighted by atomic mass is 9.88. The van der Waals surface area contributed by atoms with Crippen molar-refractivity contribution >= 4 is 23.1 Å². The molecule has 4 N–H and O–H groups in total. The molecular weight excluding hydrogens is 452 g/mol. The normalized spacial score (nSPS) is 11.9. The number of ether oxygens (including phenoxy) is 1. The fourth-order valence-corrected chi connectivity index (χ4v) is 3.93. The molecule has 176 valence electrons. The van der Waals surface area contributed by atoms with E-state index in [0.29, 0.717) is 5.56 Å². The Bertz CT molecular complexity index is 1150. The van der Waals surface area contributed by atoms with Crippen molar-refractivity contribution < 1.29 is 28.5 Å². The van der Waals surface area contributed by atoms with Gasteiger partial charge in [0.15, 0.2) is 0 Å². The number of benzene rings is 1. The summed E-state index contributed by atoms with van der Waals surface area (Å²) < 4.78 is 35.7. The molecule has 7 nitrogen and oxygen atoms in total. The smallest absolute Gasteiger partial charge is 0.270 e. The summed E-state index contributed by atoms with van der Waals surface area (Å²) in [4.78, 5) is 16.5. The van der Waals surface area contributed by atoms with Crippen molar-refractivity contribution in [3.05, 3.63) is 63.4 Å². The van der Waals surface area contributed by atoms with Gasteiger partial charge in [-0.1, -0.05) is 0 Å². The van der Waals surface area contributed by atoms with Crippen LogP contribution in [-0.4, -0.2) is 28.2 Å². The minimum atomic E-state index is -1.58. The number of pyridine rings is 1. The molecular formula is C23H25F2N3O4S. The molecule has 0 bridgehead atoms. The van der Waals surface area contributed by atoms with E-state index in [9.17, 15) is 15.0 Å². The number of hydrazine groups is 1. The number of hydrogen-bond acceptors (Lipinski definition) is 7. The van der Waals surface area contributed by atoms with Crippen LogP contribution in [0.15, 0.2) is 35.0 Å². The Kier molecular flexibility index (Phi) is 6.73. The van der Waals surface area contributed by atoms with Crippen molar-refractivity contribution in [3.63, 3.8) is 0 Å². The quantitative estimate of drug-likeness (QED) is 0.378. The Hall–Kier alpha value is -3.08. The van der Waals surface area contributed by atoms with E-state index in [2.05, 4.69) is 15.8 Å². The first-order valence-corrected chi connectivity index (χ1v) is 10.9. The molecule has 0 saturated carbocycles. The lowest BCUT2D eigenvalue weighted by molar-refractivity contribution is 0.0751. The van der Waals surface area contributed by atoms with Crippen molar-refractivity contribution in [2.75, 3.05) is 12.5 Å². The van der Waals surface area contributed by atoms with Crippen LogP contribution in [0.25, 0.3) is 11.1 Å². The number of aromatic nitrogens is 1. The number of carbonyl (C=O) groups is 1. The Labute approximate surface area is 194 Å². The predicted molar refractivity (Wildman–Crippen MR) is 122 cm³/mol. The highest BCUT2D eigenvalue weighted by Crippen LogP contribution is 2.41. The summed E-state index contributed by atoms with van der Waals surface area (Å²) in [6.07, 6.45) is 0. The number of hydrogen-bond donors (Lipinski definition) is 4. The highest BCUT2D eigenvalue weighted by atomic mass is 32.1. The fraction of sp³-hybridized carbons (Fsp3) is 0.304. The van der Waals surface area contributed by atoms with Crippen molar-refractivity contribution in [3.8, 4) is 17.0 Å². The van der Waals surface area contributed by atoms with Crippen LogP contribution >= 0.6 is 11.3 Å². The van der Waals surface area contributed by atoms with Crippen LogP contribution < -0.4 is 15.6 Å². The highest BCUT2D eigenvalue weighted by molar-refractivity contribution is 7.08. The second-order valence-electron chi connectivity index (χ2n) is 8.46. The first-order chi connectivity index (χ1) is 15.3.